The second-order valence-electron chi connectivity index (χ2n) is 2.90. The number of rotatable bonds is 4. The fraction of sp³-hybridized carbons (Fsp3) is 0.333. The highest BCUT2D eigenvalue weighted by atomic mass is 16.2. The topological polar surface area (TPSA) is 85.2 Å². The van der Waals surface area contributed by atoms with Crippen molar-refractivity contribution >= 4 is 5.91 Å². The molecule has 1 rings (SSSR count). The Labute approximate surface area is 82.7 Å². The number of pyridine rings is 1. The van der Waals surface area contributed by atoms with Gasteiger partial charge in [0, 0.05) is 18.9 Å². The van der Waals surface area contributed by atoms with Crippen LogP contribution in [0.15, 0.2) is 24.5 Å². The Bertz CT molecular complexity index is 288. The summed E-state index contributed by atoms with van der Waals surface area (Å²) in [5, 5.41) is 1.13. The molecule has 1 amide bonds. The quantitative estimate of drug-likeness (QED) is 0.376. The third-order valence-corrected chi connectivity index (χ3v) is 1.86. The van der Waals surface area contributed by atoms with E-state index in [1.807, 2.05) is 12.1 Å². The van der Waals surface area contributed by atoms with E-state index < -0.39 is 0 Å². The normalized spacial score (nSPS) is 9.86. The molecule has 0 aliphatic rings. The van der Waals surface area contributed by atoms with Gasteiger partial charge in [-0.15, -0.1) is 0 Å². The zero-order chi connectivity index (χ0) is 10.4. The Kier molecular flexibility index (Phi) is 4.03. The molecule has 0 bridgehead atoms. The summed E-state index contributed by atoms with van der Waals surface area (Å²) in [5.74, 6) is 5.20. The summed E-state index contributed by atoms with van der Waals surface area (Å²) in [6.07, 6.45) is 4.14. The number of aromatic nitrogens is 1. The van der Waals surface area contributed by atoms with Gasteiger partial charge in [0.2, 0.25) is 5.91 Å². The van der Waals surface area contributed by atoms with Gasteiger partial charge >= 0.3 is 0 Å². The second-order valence-corrected chi connectivity index (χ2v) is 2.90. The fourth-order valence-electron chi connectivity index (χ4n) is 1.04. The molecule has 0 atom stereocenters. The number of nitrogens with zero attached hydrogens (tertiary/aromatic N) is 2. The third kappa shape index (κ3) is 3.12. The summed E-state index contributed by atoms with van der Waals surface area (Å²) >= 11 is 0. The molecule has 76 valence electrons. The van der Waals surface area contributed by atoms with Crippen LogP contribution in [0, 0.1) is 0 Å². The molecule has 0 saturated carbocycles. The van der Waals surface area contributed by atoms with E-state index in [0.29, 0.717) is 13.0 Å². The third-order valence-electron chi connectivity index (χ3n) is 1.86. The zero-order valence-corrected chi connectivity index (χ0v) is 7.89. The van der Waals surface area contributed by atoms with E-state index in [0.717, 1.165) is 10.6 Å². The van der Waals surface area contributed by atoms with Crippen molar-refractivity contribution in [2.75, 3.05) is 13.1 Å². The molecule has 0 unspecified atom stereocenters. The minimum Gasteiger partial charge on any atom is -0.322 e. The van der Waals surface area contributed by atoms with Crippen LogP contribution < -0.4 is 11.6 Å². The molecular formula is C9H14N4O. The average molecular weight is 194 g/mol. The van der Waals surface area contributed by atoms with E-state index in [1.54, 1.807) is 12.4 Å². The van der Waals surface area contributed by atoms with Crippen LogP contribution >= 0.6 is 0 Å². The van der Waals surface area contributed by atoms with Gasteiger partial charge in [0.05, 0.1) is 6.54 Å². The van der Waals surface area contributed by atoms with Crippen molar-refractivity contribution < 1.29 is 4.79 Å². The Morgan fingerprint density at radius 1 is 1.57 bits per heavy atom. The Morgan fingerprint density at radius 2 is 2.36 bits per heavy atom. The Morgan fingerprint density at radius 3 is 2.93 bits per heavy atom. The molecule has 0 saturated heterocycles. The number of amides is 1. The predicted octanol–water partition coefficient (Wildman–Crippen LogP) is -0.715. The summed E-state index contributed by atoms with van der Waals surface area (Å²) in [5.41, 5.74) is 6.21. The van der Waals surface area contributed by atoms with Gasteiger partial charge < -0.3 is 5.73 Å². The van der Waals surface area contributed by atoms with Crippen molar-refractivity contribution in [1.29, 1.82) is 0 Å². The molecule has 0 spiro atoms. The number of hydrazine groups is 1. The first-order chi connectivity index (χ1) is 6.74. The Hall–Kier alpha value is -1.46. The fourth-order valence-corrected chi connectivity index (χ4v) is 1.04. The molecule has 0 aliphatic heterocycles. The van der Waals surface area contributed by atoms with E-state index in [9.17, 15) is 4.79 Å². The molecule has 1 heterocycles. The smallest absolute Gasteiger partial charge is 0.250 e. The molecule has 0 aliphatic carbocycles. The summed E-state index contributed by atoms with van der Waals surface area (Å²) < 4.78 is 0. The van der Waals surface area contributed by atoms with E-state index >= 15 is 0 Å². The maximum Gasteiger partial charge on any atom is 0.250 e. The molecule has 5 nitrogen and oxygen atoms in total. The standard InChI is InChI=1S/C9H14N4O/c10-6-9(14)13(11)5-3-8-2-1-4-12-7-8/h1-2,4,7H,3,5-6,10-11H2. The highest BCUT2D eigenvalue weighted by Crippen LogP contribution is 1.97. The lowest BCUT2D eigenvalue weighted by atomic mass is 10.2. The maximum absolute atomic E-state index is 11.0. The Balaban J connectivity index is 2.38. The SMILES string of the molecule is NCC(=O)N(N)CCc1cccnc1. The summed E-state index contributed by atoms with van der Waals surface area (Å²) in [6.45, 7) is 0.408. The van der Waals surface area contributed by atoms with Gasteiger partial charge in [0.1, 0.15) is 0 Å². The van der Waals surface area contributed by atoms with E-state index in [2.05, 4.69) is 4.98 Å². The van der Waals surface area contributed by atoms with Gasteiger partial charge in [-0.3, -0.25) is 14.8 Å². The van der Waals surface area contributed by atoms with Gasteiger partial charge in [-0.05, 0) is 18.1 Å². The molecule has 14 heavy (non-hydrogen) atoms. The van der Waals surface area contributed by atoms with E-state index in [1.165, 1.54) is 0 Å². The van der Waals surface area contributed by atoms with Gasteiger partial charge in [-0.25, -0.2) is 5.84 Å². The van der Waals surface area contributed by atoms with Crippen LogP contribution in [0.2, 0.25) is 0 Å². The highest BCUT2D eigenvalue weighted by molar-refractivity contribution is 5.77. The van der Waals surface area contributed by atoms with Crippen LogP contribution in [0.1, 0.15) is 5.56 Å². The minimum atomic E-state index is -0.256. The first kappa shape index (κ1) is 10.6. The van der Waals surface area contributed by atoms with Crippen molar-refractivity contribution in [3.05, 3.63) is 30.1 Å². The zero-order valence-electron chi connectivity index (χ0n) is 7.89. The molecule has 4 N–H and O–H groups in total. The molecule has 1 aromatic heterocycles. The molecule has 5 heteroatoms. The van der Waals surface area contributed by atoms with Gasteiger partial charge in [-0.1, -0.05) is 6.07 Å². The van der Waals surface area contributed by atoms with Crippen molar-refractivity contribution in [3.8, 4) is 0 Å². The van der Waals surface area contributed by atoms with Crippen LogP contribution in [-0.4, -0.2) is 29.0 Å². The lowest BCUT2D eigenvalue weighted by molar-refractivity contribution is -0.129. The molecule has 0 aromatic carbocycles. The van der Waals surface area contributed by atoms with Crippen molar-refractivity contribution in [3.63, 3.8) is 0 Å². The van der Waals surface area contributed by atoms with Crippen molar-refractivity contribution in [2.24, 2.45) is 11.6 Å². The van der Waals surface area contributed by atoms with Crippen molar-refractivity contribution in [1.82, 2.24) is 9.99 Å². The molecule has 0 fully saturated rings. The summed E-state index contributed by atoms with van der Waals surface area (Å²) in [6, 6.07) is 3.79. The average Bonchev–Trinajstić information content (AvgIpc) is 2.26. The van der Waals surface area contributed by atoms with E-state index in [4.69, 9.17) is 11.6 Å². The van der Waals surface area contributed by atoms with Gasteiger partial charge in [0.25, 0.3) is 0 Å². The monoisotopic (exact) mass is 194 g/mol. The summed E-state index contributed by atoms with van der Waals surface area (Å²) in [7, 11) is 0. The lowest BCUT2D eigenvalue weighted by Gasteiger charge is -2.14. The van der Waals surface area contributed by atoms with Crippen LogP contribution in [0.3, 0.4) is 0 Å². The van der Waals surface area contributed by atoms with Crippen LogP contribution in [-0.2, 0) is 11.2 Å². The first-order valence-corrected chi connectivity index (χ1v) is 4.38. The lowest BCUT2D eigenvalue weighted by Crippen LogP contribution is -2.42. The largest absolute Gasteiger partial charge is 0.322 e. The van der Waals surface area contributed by atoms with Crippen LogP contribution in [0.25, 0.3) is 0 Å². The van der Waals surface area contributed by atoms with Gasteiger partial charge in [-0.2, -0.15) is 0 Å². The molecule has 0 radical (unpaired) electrons. The molecular weight excluding hydrogens is 180 g/mol. The van der Waals surface area contributed by atoms with Gasteiger partial charge in [0.15, 0.2) is 0 Å². The number of nitrogens with two attached hydrogens (primary N) is 2. The highest BCUT2D eigenvalue weighted by Gasteiger charge is 2.05. The van der Waals surface area contributed by atoms with Crippen LogP contribution in [0.5, 0.6) is 0 Å². The number of hydrogen-bond donors (Lipinski definition) is 2. The van der Waals surface area contributed by atoms with Crippen LogP contribution in [0.4, 0.5) is 0 Å². The number of carbonyl (C=O) groups is 1. The minimum absolute atomic E-state index is 0.0520. The summed E-state index contributed by atoms with van der Waals surface area (Å²) in [4.78, 5) is 15.0. The second kappa shape index (κ2) is 5.31. The maximum atomic E-state index is 11.0. The molecule has 1 aromatic rings. The van der Waals surface area contributed by atoms with Crippen molar-refractivity contribution in [2.45, 2.75) is 6.42 Å². The first-order valence-electron chi connectivity index (χ1n) is 4.38. The predicted molar refractivity (Wildman–Crippen MR) is 52.9 cm³/mol. The number of hydrogen-bond acceptors (Lipinski definition) is 4. The number of carbonyl (C=O) groups excluding carboxylic acids is 1. The van der Waals surface area contributed by atoms with E-state index in [-0.39, 0.29) is 12.5 Å².